The molecule has 4 rings (SSSR count). The highest BCUT2D eigenvalue weighted by atomic mass is 16.5. The number of carbonyl (C=O) groups is 1. The molecule has 0 spiro atoms. The predicted molar refractivity (Wildman–Crippen MR) is 108 cm³/mol. The maximum atomic E-state index is 11.1. The van der Waals surface area contributed by atoms with Crippen molar-refractivity contribution in [1.29, 1.82) is 0 Å². The average molecular weight is 400 g/mol. The molecule has 156 valence electrons. The first-order valence-electron chi connectivity index (χ1n) is 10.4. The Balaban J connectivity index is 1.40. The van der Waals surface area contributed by atoms with Gasteiger partial charge in [0.2, 0.25) is 0 Å². The minimum Gasteiger partial charge on any atom is -0.492 e. The first kappa shape index (κ1) is 19.8. The number of piperidine rings is 1. The fourth-order valence-electron chi connectivity index (χ4n) is 4.49. The highest BCUT2D eigenvalue weighted by Gasteiger charge is 2.26. The number of ether oxygens (including phenoxy) is 1. The highest BCUT2D eigenvalue weighted by molar-refractivity contribution is 5.82. The molecule has 0 aliphatic carbocycles. The average Bonchev–Trinajstić information content (AvgIpc) is 3.21. The Kier molecular flexibility index (Phi) is 6.10. The van der Waals surface area contributed by atoms with Gasteiger partial charge in [0.15, 0.2) is 0 Å². The lowest BCUT2D eigenvalue weighted by Crippen LogP contribution is -2.37. The summed E-state index contributed by atoms with van der Waals surface area (Å²) in [5.74, 6) is 1.02. The number of hydrogen-bond acceptors (Lipinski definition) is 6. The molecule has 1 aromatic heterocycles. The lowest BCUT2D eigenvalue weighted by Gasteiger charge is -2.30. The summed E-state index contributed by atoms with van der Waals surface area (Å²) in [4.78, 5) is 23.8. The monoisotopic (exact) mass is 400 g/mol. The van der Waals surface area contributed by atoms with Crippen LogP contribution >= 0.6 is 0 Å². The van der Waals surface area contributed by atoms with Gasteiger partial charge in [0, 0.05) is 43.0 Å². The van der Waals surface area contributed by atoms with E-state index in [1.165, 1.54) is 4.90 Å². The van der Waals surface area contributed by atoms with E-state index in [0.717, 1.165) is 61.1 Å². The van der Waals surface area contributed by atoms with Crippen LogP contribution < -0.4 is 4.74 Å². The molecule has 2 aliphatic heterocycles. The van der Waals surface area contributed by atoms with Crippen LogP contribution in [0.5, 0.6) is 5.75 Å². The van der Waals surface area contributed by atoms with Crippen LogP contribution in [0.1, 0.15) is 37.3 Å². The first-order chi connectivity index (χ1) is 14.2. The molecule has 1 atom stereocenters. The normalized spacial score (nSPS) is 21.0. The van der Waals surface area contributed by atoms with Crippen LogP contribution in [0.25, 0.3) is 10.9 Å². The molecule has 29 heavy (non-hydrogen) atoms. The van der Waals surface area contributed by atoms with E-state index in [9.17, 15) is 9.90 Å². The number of aliphatic hydroxyl groups is 1. The summed E-state index contributed by atoms with van der Waals surface area (Å²) in [5.41, 5.74) is 1.84. The number of likely N-dealkylation sites (tertiary alicyclic amines) is 2. The number of aliphatic hydroxyl groups excluding tert-OH is 1. The van der Waals surface area contributed by atoms with Gasteiger partial charge in [-0.1, -0.05) is 0 Å². The molecule has 2 fully saturated rings. The van der Waals surface area contributed by atoms with Crippen LogP contribution in [0.2, 0.25) is 0 Å². The Morgan fingerprint density at radius 1 is 1.17 bits per heavy atom. The Bertz CT molecular complexity index is 854. The second-order valence-electron chi connectivity index (χ2n) is 7.84. The van der Waals surface area contributed by atoms with Crippen LogP contribution in [-0.2, 0) is 0 Å². The maximum Gasteiger partial charge on any atom is 0.407 e. The van der Waals surface area contributed by atoms with E-state index < -0.39 is 6.09 Å². The van der Waals surface area contributed by atoms with E-state index in [-0.39, 0.29) is 18.6 Å². The number of aromatic nitrogens is 2. The summed E-state index contributed by atoms with van der Waals surface area (Å²) in [5, 5.41) is 19.6. The van der Waals surface area contributed by atoms with E-state index in [2.05, 4.69) is 14.9 Å². The second-order valence-corrected chi connectivity index (χ2v) is 7.84. The number of fused-ring (bicyclic) bond motifs is 1. The van der Waals surface area contributed by atoms with Gasteiger partial charge in [-0.2, -0.15) is 0 Å². The predicted octanol–water partition coefficient (Wildman–Crippen LogP) is 2.32. The Labute approximate surface area is 170 Å². The summed E-state index contributed by atoms with van der Waals surface area (Å²) >= 11 is 0. The van der Waals surface area contributed by atoms with Crippen LogP contribution in [-0.4, -0.2) is 81.5 Å². The van der Waals surface area contributed by atoms with Gasteiger partial charge in [-0.15, -0.1) is 0 Å². The van der Waals surface area contributed by atoms with Crippen LogP contribution in [0, 0.1) is 0 Å². The minimum absolute atomic E-state index is 0.209. The first-order valence-corrected chi connectivity index (χ1v) is 10.4. The topological polar surface area (TPSA) is 99.0 Å². The lowest BCUT2D eigenvalue weighted by atomic mass is 9.91. The second kappa shape index (κ2) is 8.92. The third kappa shape index (κ3) is 4.43. The quantitative estimate of drug-likeness (QED) is 0.768. The maximum absolute atomic E-state index is 11.1. The van der Waals surface area contributed by atoms with E-state index in [1.54, 1.807) is 6.33 Å². The third-order valence-electron chi connectivity index (χ3n) is 6.15. The zero-order valence-electron chi connectivity index (χ0n) is 16.5. The number of rotatable bonds is 6. The summed E-state index contributed by atoms with van der Waals surface area (Å²) in [7, 11) is 0. The standard InChI is InChI=1S/C21H28N4O4/c26-13-16-2-1-7-24(16)10-11-29-17-3-4-18-19(12-17)22-14-23-20(18)15-5-8-25(9-6-15)21(27)28/h3-4,12,14-16,26H,1-2,5-11,13H2,(H,27,28)/t16-/m0/s1. The number of benzene rings is 1. The van der Waals surface area contributed by atoms with Gasteiger partial charge in [0.25, 0.3) is 0 Å². The van der Waals surface area contributed by atoms with Gasteiger partial charge in [-0.05, 0) is 44.4 Å². The van der Waals surface area contributed by atoms with Crippen LogP contribution in [0.15, 0.2) is 24.5 Å². The molecular weight excluding hydrogens is 372 g/mol. The Morgan fingerprint density at radius 2 is 2.00 bits per heavy atom. The molecule has 3 heterocycles. The van der Waals surface area contributed by atoms with Gasteiger partial charge < -0.3 is 19.8 Å². The van der Waals surface area contributed by atoms with E-state index in [0.29, 0.717) is 19.7 Å². The van der Waals surface area contributed by atoms with Crippen molar-refractivity contribution in [1.82, 2.24) is 19.8 Å². The van der Waals surface area contributed by atoms with Crippen molar-refractivity contribution in [3.63, 3.8) is 0 Å². The largest absolute Gasteiger partial charge is 0.492 e. The molecule has 2 aliphatic rings. The van der Waals surface area contributed by atoms with Gasteiger partial charge in [-0.3, -0.25) is 4.90 Å². The molecule has 8 heteroatoms. The van der Waals surface area contributed by atoms with Crippen molar-refractivity contribution < 1.29 is 19.7 Å². The summed E-state index contributed by atoms with van der Waals surface area (Å²) in [6.07, 6.45) is 4.47. The van der Waals surface area contributed by atoms with Crippen molar-refractivity contribution >= 4 is 17.0 Å². The van der Waals surface area contributed by atoms with Gasteiger partial charge in [-0.25, -0.2) is 14.8 Å². The van der Waals surface area contributed by atoms with Crippen LogP contribution in [0.4, 0.5) is 4.79 Å². The number of amides is 1. The van der Waals surface area contributed by atoms with E-state index >= 15 is 0 Å². The Hall–Kier alpha value is -2.45. The third-order valence-corrected chi connectivity index (χ3v) is 6.15. The Morgan fingerprint density at radius 3 is 2.76 bits per heavy atom. The van der Waals surface area contributed by atoms with Gasteiger partial charge >= 0.3 is 6.09 Å². The molecule has 0 radical (unpaired) electrons. The fraction of sp³-hybridized carbons (Fsp3) is 0.571. The van der Waals surface area contributed by atoms with Crippen molar-refractivity contribution in [2.24, 2.45) is 0 Å². The van der Waals surface area contributed by atoms with E-state index in [1.807, 2.05) is 18.2 Å². The number of nitrogens with zero attached hydrogens (tertiary/aromatic N) is 4. The summed E-state index contributed by atoms with van der Waals surface area (Å²) in [6.45, 7) is 3.69. The van der Waals surface area contributed by atoms with Crippen molar-refractivity contribution in [2.45, 2.75) is 37.6 Å². The lowest BCUT2D eigenvalue weighted by molar-refractivity contribution is 0.132. The van der Waals surface area contributed by atoms with Crippen molar-refractivity contribution in [3.8, 4) is 5.75 Å². The molecule has 8 nitrogen and oxygen atoms in total. The number of hydrogen-bond donors (Lipinski definition) is 2. The molecule has 0 saturated carbocycles. The zero-order valence-corrected chi connectivity index (χ0v) is 16.5. The summed E-state index contributed by atoms with van der Waals surface area (Å²) in [6, 6.07) is 6.17. The molecule has 2 N–H and O–H groups in total. The highest BCUT2D eigenvalue weighted by Crippen LogP contribution is 2.32. The van der Waals surface area contributed by atoms with E-state index in [4.69, 9.17) is 9.84 Å². The number of carboxylic acid groups (broad SMARTS) is 1. The van der Waals surface area contributed by atoms with Crippen molar-refractivity contribution in [3.05, 3.63) is 30.2 Å². The molecule has 0 unspecified atom stereocenters. The molecule has 1 amide bonds. The molecule has 2 aromatic rings. The zero-order chi connectivity index (χ0) is 20.2. The fourth-order valence-corrected chi connectivity index (χ4v) is 4.49. The molecule has 1 aromatic carbocycles. The SMILES string of the molecule is O=C(O)N1CCC(c2ncnc3cc(OCCN4CCC[C@H]4CO)ccc23)CC1. The van der Waals surface area contributed by atoms with Gasteiger partial charge in [0.1, 0.15) is 18.7 Å². The van der Waals surface area contributed by atoms with Gasteiger partial charge in [0.05, 0.1) is 17.8 Å². The smallest absolute Gasteiger partial charge is 0.407 e. The molecule has 2 saturated heterocycles. The minimum atomic E-state index is -0.850. The van der Waals surface area contributed by atoms with Crippen molar-refractivity contribution in [2.75, 3.05) is 39.4 Å². The van der Waals surface area contributed by atoms with Crippen LogP contribution in [0.3, 0.4) is 0 Å². The summed E-state index contributed by atoms with van der Waals surface area (Å²) < 4.78 is 5.94. The molecular formula is C21H28N4O4. The molecule has 0 bridgehead atoms.